The largest absolute Gasteiger partial charge is 0.380 e. The topological polar surface area (TPSA) is 50.3 Å². The number of likely N-dealkylation sites (tertiary alicyclic amines) is 1. The third-order valence-corrected chi connectivity index (χ3v) is 6.32. The molecule has 0 radical (unpaired) electrons. The number of aryl methyl sites for hydroxylation is 1. The molecule has 0 atom stereocenters. The average Bonchev–Trinajstić information content (AvgIpc) is 3.10. The number of aromatic amines is 1. The summed E-state index contributed by atoms with van der Waals surface area (Å²) in [5.41, 5.74) is 4.74. The number of nitrogens with one attached hydrogen (secondary N) is 1. The van der Waals surface area contributed by atoms with Crippen molar-refractivity contribution in [2.75, 3.05) is 26.3 Å². The van der Waals surface area contributed by atoms with Crippen LogP contribution in [0.25, 0.3) is 22.0 Å². The number of pyridine rings is 1. The van der Waals surface area contributed by atoms with E-state index in [9.17, 15) is 4.79 Å². The maximum absolute atomic E-state index is 12.2. The first-order valence-electron chi connectivity index (χ1n) is 9.70. The summed E-state index contributed by atoms with van der Waals surface area (Å²) in [5.74, 6) is 0. The second-order valence-corrected chi connectivity index (χ2v) is 8.19. The zero-order valence-corrected chi connectivity index (χ0v) is 15.7. The Bertz CT molecular complexity index is 1020. The Labute approximate surface area is 158 Å². The van der Waals surface area contributed by atoms with Gasteiger partial charge in [0.25, 0.3) is 5.56 Å². The Morgan fingerprint density at radius 1 is 1.11 bits per heavy atom. The molecule has 0 amide bonds. The Hall–Kier alpha value is -2.37. The molecule has 5 heteroatoms. The molecule has 2 aliphatic heterocycles. The normalized spacial score (nSPS) is 19.4. The molecular weight excluding hydrogens is 338 g/mol. The van der Waals surface area contributed by atoms with Crippen LogP contribution in [0.1, 0.15) is 18.4 Å². The maximum Gasteiger partial charge on any atom is 0.274 e. The Morgan fingerprint density at radius 3 is 2.52 bits per heavy atom. The number of H-pyrrole nitrogens is 1. The lowest BCUT2D eigenvalue weighted by Gasteiger charge is -2.47. The fourth-order valence-corrected chi connectivity index (χ4v) is 4.37. The molecule has 4 heterocycles. The van der Waals surface area contributed by atoms with Gasteiger partial charge in [0.1, 0.15) is 5.52 Å². The van der Waals surface area contributed by atoms with Crippen molar-refractivity contribution in [2.45, 2.75) is 19.4 Å². The predicted octanol–water partition coefficient (Wildman–Crippen LogP) is 3.15. The van der Waals surface area contributed by atoms with Crippen molar-refractivity contribution in [3.05, 3.63) is 58.6 Å². The molecule has 0 aliphatic carbocycles. The minimum absolute atomic E-state index is 0.00935. The number of hydrogen-bond donors (Lipinski definition) is 1. The lowest BCUT2D eigenvalue weighted by atomic mass is 9.77. The van der Waals surface area contributed by atoms with Gasteiger partial charge >= 0.3 is 0 Å². The molecule has 2 aromatic heterocycles. The number of benzene rings is 1. The number of ether oxygens (including phenoxy) is 1. The molecule has 27 heavy (non-hydrogen) atoms. The molecular formula is C22H25N3O2. The van der Waals surface area contributed by atoms with E-state index >= 15 is 0 Å². The summed E-state index contributed by atoms with van der Waals surface area (Å²) in [4.78, 5) is 17.9. The standard InChI is InChI=1S/C22H25N3O2/c1-24-9-6-18-19(12-23-20(18)21(24)26)17-4-2-16(3-5-17)13-25-10-7-22(8-11-25)14-27-15-22/h2-6,9,12,23H,7-8,10-11,13-15H2,1H3. The molecule has 2 aliphatic rings. The summed E-state index contributed by atoms with van der Waals surface area (Å²) in [6.07, 6.45) is 6.28. The second kappa shape index (κ2) is 6.36. The number of piperidine rings is 1. The second-order valence-electron chi connectivity index (χ2n) is 8.19. The van der Waals surface area contributed by atoms with Crippen molar-refractivity contribution >= 4 is 10.9 Å². The van der Waals surface area contributed by atoms with E-state index in [1.165, 1.54) is 18.4 Å². The molecule has 2 saturated heterocycles. The zero-order chi connectivity index (χ0) is 18.4. The van der Waals surface area contributed by atoms with E-state index in [0.717, 1.165) is 49.4 Å². The third-order valence-electron chi connectivity index (χ3n) is 6.32. The lowest BCUT2D eigenvalue weighted by Crippen LogP contribution is -2.50. The summed E-state index contributed by atoms with van der Waals surface area (Å²) in [6, 6.07) is 10.8. The van der Waals surface area contributed by atoms with Crippen LogP contribution < -0.4 is 5.56 Å². The summed E-state index contributed by atoms with van der Waals surface area (Å²) >= 11 is 0. The minimum Gasteiger partial charge on any atom is -0.380 e. The van der Waals surface area contributed by atoms with Gasteiger partial charge in [-0.15, -0.1) is 0 Å². The molecule has 1 N–H and O–H groups in total. The summed E-state index contributed by atoms with van der Waals surface area (Å²) in [7, 11) is 1.78. The number of hydrogen-bond acceptors (Lipinski definition) is 3. The van der Waals surface area contributed by atoms with Crippen LogP contribution in [0.2, 0.25) is 0 Å². The number of rotatable bonds is 3. The molecule has 1 spiro atoms. The van der Waals surface area contributed by atoms with Crippen molar-refractivity contribution in [1.29, 1.82) is 0 Å². The van der Waals surface area contributed by atoms with Gasteiger partial charge in [-0.1, -0.05) is 24.3 Å². The molecule has 2 fully saturated rings. The number of fused-ring (bicyclic) bond motifs is 1. The van der Waals surface area contributed by atoms with Gasteiger partial charge in [-0.25, -0.2) is 0 Å². The fraction of sp³-hybridized carbons (Fsp3) is 0.409. The number of nitrogens with zero attached hydrogens (tertiary/aromatic N) is 2. The van der Waals surface area contributed by atoms with Gasteiger partial charge in [0.2, 0.25) is 0 Å². The monoisotopic (exact) mass is 363 g/mol. The highest BCUT2D eigenvalue weighted by molar-refractivity contribution is 5.94. The minimum atomic E-state index is 0.00935. The predicted molar refractivity (Wildman–Crippen MR) is 107 cm³/mol. The molecule has 5 nitrogen and oxygen atoms in total. The molecule has 140 valence electrons. The van der Waals surface area contributed by atoms with Crippen molar-refractivity contribution in [3.8, 4) is 11.1 Å². The molecule has 5 rings (SSSR count). The van der Waals surface area contributed by atoms with Crippen molar-refractivity contribution in [1.82, 2.24) is 14.5 Å². The van der Waals surface area contributed by atoms with Gasteiger partial charge in [-0.2, -0.15) is 0 Å². The van der Waals surface area contributed by atoms with Gasteiger partial charge in [-0.3, -0.25) is 9.69 Å². The quantitative estimate of drug-likeness (QED) is 0.778. The summed E-state index contributed by atoms with van der Waals surface area (Å²) in [5, 5.41) is 0.981. The van der Waals surface area contributed by atoms with Gasteiger partial charge in [-0.05, 0) is 43.1 Å². The van der Waals surface area contributed by atoms with Crippen LogP contribution in [0.3, 0.4) is 0 Å². The first kappa shape index (κ1) is 16.8. The molecule has 0 bridgehead atoms. The van der Waals surface area contributed by atoms with Gasteiger partial charge in [0.15, 0.2) is 0 Å². The average molecular weight is 363 g/mol. The van der Waals surface area contributed by atoms with Gasteiger partial charge in [0, 0.05) is 42.4 Å². The maximum atomic E-state index is 12.2. The zero-order valence-electron chi connectivity index (χ0n) is 15.7. The van der Waals surface area contributed by atoms with Crippen molar-refractivity contribution in [3.63, 3.8) is 0 Å². The number of aromatic nitrogens is 2. The highest BCUT2D eigenvalue weighted by atomic mass is 16.5. The van der Waals surface area contributed by atoms with Crippen LogP contribution in [0, 0.1) is 5.41 Å². The first-order valence-corrected chi connectivity index (χ1v) is 9.70. The van der Waals surface area contributed by atoms with E-state index in [2.05, 4.69) is 34.1 Å². The summed E-state index contributed by atoms with van der Waals surface area (Å²) < 4.78 is 7.02. The highest BCUT2D eigenvalue weighted by Crippen LogP contribution is 2.38. The molecule has 0 unspecified atom stereocenters. The Morgan fingerprint density at radius 2 is 1.85 bits per heavy atom. The highest BCUT2D eigenvalue weighted by Gasteiger charge is 2.40. The van der Waals surface area contributed by atoms with Gasteiger partial charge < -0.3 is 14.3 Å². The van der Waals surface area contributed by atoms with E-state index in [1.807, 2.05) is 18.5 Å². The SMILES string of the molecule is Cn1ccc2c(-c3ccc(CN4CCC5(CC4)COC5)cc3)c[nH]c2c1=O. The van der Waals surface area contributed by atoms with Crippen LogP contribution in [-0.2, 0) is 18.3 Å². The Kier molecular flexibility index (Phi) is 3.95. The molecule has 1 aromatic carbocycles. The van der Waals surface area contributed by atoms with E-state index in [-0.39, 0.29) is 5.56 Å². The summed E-state index contributed by atoms with van der Waals surface area (Å²) in [6.45, 7) is 5.26. The third kappa shape index (κ3) is 2.91. The van der Waals surface area contributed by atoms with E-state index < -0.39 is 0 Å². The molecule has 3 aromatic rings. The van der Waals surface area contributed by atoms with E-state index in [1.54, 1.807) is 11.6 Å². The van der Waals surface area contributed by atoms with Crippen molar-refractivity contribution < 1.29 is 4.74 Å². The van der Waals surface area contributed by atoms with Crippen LogP contribution in [0.15, 0.2) is 47.5 Å². The van der Waals surface area contributed by atoms with Crippen LogP contribution in [0.5, 0.6) is 0 Å². The van der Waals surface area contributed by atoms with Crippen LogP contribution in [0.4, 0.5) is 0 Å². The molecule has 0 saturated carbocycles. The lowest BCUT2D eigenvalue weighted by molar-refractivity contribution is -0.140. The fourth-order valence-electron chi connectivity index (χ4n) is 4.37. The van der Waals surface area contributed by atoms with E-state index in [4.69, 9.17) is 4.74 Å². The van der Waals surface area contributed by atoms with E-state index in [0.29, 0.717) is 10.9 Å². The Balaban J connectivity index is 1.32. The first-order chi connectivity index (χ1) is 13.1. The van der Waals surface area contributed by atoms with Crippen LogP contribution >= 0.6 is 0 Å². The van der Waals surface area contributed by atoms with Gasteiger partial charge in [0.05, 0.1) is 13.2 Å². The van der Waals surface area contributed by atoms with Crippen LogP contribution in [-0.4, -0.2) is 40.8 Å². The smallest absolute Gasteiger partial charge is 0.274 e. The van der Waals surface area contributed by atoms with Crippen molar-refractivity contribution in [2.24, 2.45) is 12.5 Å².